The predicted molar refractivity (Wildman–Crippen MR) is 66.8 cm³/mol. The Labute approximate surface area is 104 Å². The minimum atomic E-state index is -0.293. The molecular formula is C13H24N2O2. The van der Waals surface area contributed by atoms with Gasteiger partial charge in [0, 0.05) is 26.7 Å². The van der Waals surface area contributed by atoms with Crippen LogP contribution in [-0.4, -0.2) is 50.7 Å². The molecule has 2 aliphatic rings. The number of rotatable bonds is 3. The Bertz CT molecular complexity index is 254. The Kier molecular flexibility index (Phi) is 4.40. The van der Waals surface area contributed by atoms with Crippen LogP contribution in [0.4, 0.5) is 0 Å². The van der Waals surface area contributed by atoms with Crippen LogP contribution < -0.4 is 5.32 Å². The van der Waals surface area contributed by atoms with Crippen molar-refractivity contribution in [3.8, 4) is 0 Å². The highest BCUT2D eigenvalue weighted by Gasteiger charge is 2.43. The van der Waals surface area contributed by atoms with E-state index in [2.05, 4.69) is 10.2 Å². The van der Waals surface area contributed by atoms with Crippen molar-refractivity contribution >= 4 is 5.91 Å². The van der Waals surface area contributed by atoms with E-state index in [4.69, 9.17) is 4.74 Å². The van der Waals surface area contributed by atoms with Gasteiger partial charge in [-0.25, -0.2) is 0 Å². The molecule has 2 saturated heterocycles. The van der Waals surface area contributed by atoms with Gasteiger partial charge in [-0.1, -0.05) is 12.8 Å². The third-order valence-corrected chi connectivity index (χ3v) is 4.01. The fraction of sp³-hybridized carbons (Fsp3) is 0.923. The van der Waals surface area contributed by atoms with Crippen LogP contribution in [0.2, 0.25) is 0 Å². The summed E-state index contributed by atoms with van der Waals surface area (Å²) < 4.78 is 5.28. The number of hydrogen-bond acceptors (Lipinski definition) is 3. The van der Waals surface area contributed by atoms with Gasteiger partial charge in [0.1, 0.15) is 0 Å². The molecular weight excluding hydrogens is 216 g/mol. The zero-order valence-electron chi connectivity index (χ0n) is 10.8. The molecule has 4 nitrogen and oxygen atoms in total. The second-order valence-corrected chi connectivity index (χ2v) is 5.35. The summed E-state index contributed by atoms with van der Waals surface area (Å²) in [6.07, 6.45) is 5.75. The summed E-state index contributed by atoms with van der Waals surface area (Å²) in [7, 11) is 1.69. The van der Waals surface area contributed by atoms with Crippen molar-refractivity contribution < 1.29 is 9.53 Å². The van der Waals surface area contributed by atoms with Crippen LogP contribution in [0.1, 0.15) is 32.1 Å². The van der Waals surface area contributed by atoms with Crippen molar-refractivity contribution in [2.24, 2.45) is 5.41 Å². The van der Waals surface area contributed by atoms with Crippen molar-refractivity contribution in [1.82, 2.24) is 10.2 Å². The Morgan fingerprint density at radius 2 is 2.00 bits per heavy atom. The van der Waals surface area contributed by atoms with E-state index >= 15 is 0 Å². The van der Waals surface area contributed by atoms with Gasteiger partial charge in [0.25, 0.3) is 0 Å². The lowest BCUT2D eigenvalue weighted by molar-refractivity contribution is -0.144. The Morgan fingerprint density at radius 1 is 1.29 bits per heavy atom. The van der Waals surface area contributed by atoms with Crippen LogP contribution in [0.3, 0.4) is 0 Å². The maximum absolute atomic E-state index is 12.7. The zero-order chi connectivity index (χ0) is 12.1. The van der Waals surface area contributed by atoms with Crippen LogP contribution in [0.25, 0.3) is 0 Å². The maximum atomic E-state index is 12.7. The van der Waals surface area contributed by atoms with Gasteiger partial charge in [-0.05, 0) is 25.8 Å². The Hall–Kier alpha value is -0.610. The molecule has 2 rings (SSSR count). The van der Waals surface area contributed by atoms with Gasteiger partial charge in [0.2, 0.25) is 5.91 Å². The number of ether oxygens (including phenoxy) is 1. The first-order valence-corrected chi connectivity index (χ1v) is 6.77. The third kappa shape index (κ3) is 2.80. The van der Waals surface area contributed by atoms with Gasteiger partial charge < -0.3 is 15.0 Å². The van der Waals surface area contributed by atoms with E-state index in [1.165, 1.54) is 12.8 Å². The molecule has 2 fully saturated rings. The molecule has 0 aromatic rings. The third-order valence-electron chi connectivity index (χ3n) is 4.01. The van der Waals surface area contributed by atoms with Crippen LogP contribution >= 0.6 is 0 Å². The largest absolute Gasteiger partial charge is 0.384 e. The van der Waals surface area contributed by atoms with Gasteiger partial charge in [-0.3, -0.25) is 4.79 Å². The normalized spacial score (nSPS) is 30.3. The summed E-state index contributed by atoms with van der Waals surface area (Å²) in [6.45, 7) is 4.13. The molecule has 0 spiro atoms. The van der Waals surface area contributed by atoms with Crippen molar-refractivity contribution in [3.63, 3.8) is 0 Å². The van der Waals surface area contributed by atoms with Crippen LogP contribution in [0.15, 0.2) is 0 Å². The number of amides is 1. The topological polar surface area (TPSA) is 41.6 Å². The van der Waals surface area contributed by atoms with E-state index in [0.29, 0.717) is 12.5 Å². The smallest absolute Gasteiger partial charge is 0.232 e. The molecule has 98 valence electrons. The molecule has 0 bridgehead atoms. The summed E-state index contributed by atoms with van der Waals surface area (Å²) in [5, 5.41) is 3.31. The molecule has 4 heteroatoms. The lowest BCUT2D eigenvalue weighted by Gasteiger charge is -2.32. The van der Waals surface area contributed by atoms with E-state index in [1.54, 1.807) is 7.11 Å². The Balaban J connectivity index is 2.04. The molecule has 0 aromatic heterocycles. The maximum Gasteiger partial charge on any atom is 0.232 e. The van der Waals surface area contributed by atoms with E-state index in [9.17, 15) is 4.79 Å². The monoisotopic (exact) mass is 240 g/mol. The second-order valence-electron chi connectivity index (χ2n) is 5.35. The molecule has 0 saturated carbocycles. The number of carbonyl (C=O) groups excluding carboxylic acids is 1. The van der Waals surface area contributed by atoms with E-state index in [1.807, 2.05) is 0 Å². The summed E-state index contributed by atoms with van der Waals surface area (Å²) in [5.74, 6) is 0.311. The predicted octanol–water partition coefficient (Wildman–Crippen LogP) is 1.02. The van der Waals surface area contributed by atoms with Crippen LogP contribution in [-0.2, 0) is 9.53 Å². The number of nitrogens with zero attached hydrogens (tertiary/aromatic N) is 1. The first kappa shape index (κ1) is 12.8. The minimum Gasteiger partial charge on any atom is -0.384 e. The van der Waals surface area contributed by atoms with Crippen LogP contribution in [0.5, 0.6) is 0 Å². The number of hydrogen-bond donors (Lipinski definition) is 1. The van der Waals surface area contributed by atoms with Gasteiger partial charge in [-0.15, -0.1) is 0 Å². The van der Waals surface area contributed by atoms with Gasteiger partial charge in [0.15, 0.2) is 0 Å². The first-order chi connectivity index (χ1) is 8.28. The summed E-state index contributed by atoms with van der Waals surface area (Å²) in [5.41, 5.74) is -0.293. The fourth-order valence-electron chi connectivity index (χ4n) is 3.00. The van der Waals surface area contributed by atoms with Gasteiger partial charge >= 0.3 is 0 Å². The minimum absolute atomic E-state index is 0.293. The average Bonchev–Trinajstić information content (AvgIpc) is 2.65. The second kappa shape index (κ2) is 5.83. The highest BCUT2D eigenvalue weighted by Crippen LogP contribution is 2.29. The average molecular weight is 240 g/mol. The van der Waals surface area contributed by atoms with Crippen LogP contribution in [0, 0.1) is 5.41 Å². The molecule has 0 radical (unpaired) electrons. The summed E-state index contributed by atoms with van der Waals surface area (Å²) >= 11 is 0. The quantitative estimate of drug-likeness (QED) is 0.800. The van der Waals surface area contributed by atoms with Gasteiger partial charge in [-0.2, -0.15) is 0 Å². The van der Waals surface area contributed by atoms with Gasteiger partial charge in [0.05, 0.1) is 12.0 Å². The number of methoxy groups -OCH3 is 1. The number of nitrogens with one attached hydrogen (secondary N) is 1. The van der Waals surface area contributed by atoms with Crippen molar-refractivity contribution in [1.29, 1.82) is 0 Å². The lowest BCUT2D eigenvalue weighted by Crippen LogP contribution is -2.48. The molecule has 2 heterocycles. The highest BCUT2D eigenvalue weighted by molar-refractivity contribution is 5.83. The van der Waals surface area contributed by atoms with Crippen molar-refractivity contribution in [2.75, 3.05) is 39.9 Å². The molecule has 1 unspecified atom stereocenters. The molecule has 1 atom stereocenters. The SMILES string of the molecule is COCC1(C(=O)N2CCCCCC2)CCNC1. The van der Waals surface area contributed by atoms with Crippen molar-refractivity contribution in [2.45, 2.75) is 32.1 Å². The molecule has 0 aliphatic carbocycles. The Morgan fingerprint density at radius 3 is 2.53 bits per heavy atom. The molecule has 1 N–H and O–H groups in total. The first-order valence-electron chi connectivity index (χ1n) is 6.77. The fourth-order valence-corrected chi connectivity index (χ4v) is 3.00. The summed E-state index contributed by atoms with van der Waals surface area (Å²) in [4.78, 5) is 14.7. The van der Waals surface area contributed by atoms with E-state index in [-0.39, 0.29) is 5.41 Å². The molecule has 2 aliphatic heterocycles. The number of carbonyl (C=O) groups is 1. The zero-order valence-corrected chi connectivity index (χ0v) is 10.8. The molecule has 1 amide bonds. The lowest BCUT2D eigenvalue weighted by atomic mass is 9.86. The molecule has 0 aromatic carbocycles. The van der Waals surface area contributed by atoms with E-state index in [0.717, 1.165) is 45.4 Å². The van der Waals surface area contributed by atoms with Crippen molar-refractivity contribution in [3.05, 3.63) is 0 Å². The molecule has 17 heavy (non-hydrogen) atoms. The summed E-state index contributed by atoms with van der Waals surface area (Å²) in [6, 6.07) is 0. The standard InChI is InChI=1S/C13H24N2O2/c1-17-11-13(6-7-14-10-13)12(16)15-8-4-2-3-5-9-15/h14H,2-11H2,1H3. The number of likely N-dealkylation sites (tertiary alicyclic amines) is 1. The highest BCUT2D eigenvalue weighted by atomic mass is 16.5. The van der Waals surface area contributed by atoms with E-state index < -0.39 is 0 Å².